The standard InChI is InChI=1S/C18H20N6O/c1-2-23-7-9-24(10-8-23)18(25)16-11-17(21-13-20-16)22-15-6-4-3-5-14(15)12-19/h3-6,11,13H,2,7-10H2,1H3,(H,20,21,22). The zero-order chi connectivity index (χ0) is 17.6. The summed E-state index contributed by atoms with van der Waals surface area (Å²) in [6.45, 7) is 6.30. The van der Waals surface area contributed by atoms with Crippen LogP contribution in [0.4, 0.5) is 11.5 Å². The molecule has 1 aliphatic rings. The van der Waals surface area contributed by atoms with Crippen molar-refractivity contribution in [1.29, 1.82) is 5.26 Å². The lowest BCUT2D eigenvalue weighted by molar-refractivity contribution is 0.0637. The van der Waals surface area contributed by atoms with Gasteiger partial charge in [0.25, 0.3) is 5.91 Å². The first-order valence-corrected chi connectivity index (χ1v) is 8.31. The number of para-hydroxylation sites is 1. The lowest BCUT2D eigenvalue weighted by atomic mass is 10.2. The maximum Gasteiger partial charge on any atom is 0.272 e. The van der Waals surface area contributed by atoms with E-state index in [9.17, 15) is 4.79 Å². The van der Waals surface area contributed by atoms with Crippen LogP contribution in [-0.2, 0) is 0 Å². The number of amides is 1. The zero-order valence-corrected chi connectivity index (χ0v) is 14.1. The second kappa shape index (κ2) is 7.73. The third kappa shape index (κ3) is 3.92. The fourth-order valence-electron chi connectivity index (χ4n) is 2.80. The van der Waals surface area contributed by atoms with E-state index in [0.29, 0.717) is 35.9 Å². The van der Waals surface area contributed by atoms with Crippen LogP contribution in [0.5, 0.6) is 0 Å². The van der Waals surface area contributed by atoms with E-state index in [0.717, 1.165) is 19.6 Å². The Morgan fingerprint density at radius 1 is 1.24 bits per heavy atom. The van der Waals surface area contributed by atoms with Crippen LogP contribution in [0.1, 0.15) is 23.0 Å². The summed E-state index contributed by atoms with van der Waals surface area (Å²) in [4.78, 5) is 25.1. The van der Waals surface area contributed by atoms with Crippen molar-refractivity contribution in [3.63, 3.8) is 0 Å². The molecular weight excluding hydrogens is 316 g/mol. The van der Waals surface area contributed by atoms with Crippen molar-refractivity contribution in [1.82, 2.24) is 19.8 Å². The number of likely N-dealkylation sites (N-methyl/N-ethyl adjacent to an activating group) is 1. The van der Waals surface area contributed by atoms with Crippen LogP contribution in [-0.4, -0.2) is 58.4 Å². The fourth-order valence-corrected chi connectivity index (χ4v) is 2.80. The summed E-state index contributed by atoms with van der Waals surface area (Å²) < 4.78 is 0. The largest absolute Gasteiger partial charge is 0.339 e. The van der Waals surface area contributed by atoms with Crippen LogP contribution in [0.15, 0.2) is 36.7 Å². The first-order valence-electron chi connectivity index (χ1n) is 8.31. The molecule has 1 N–H and O–H groups in total. The van der Waals surface area contributed by atoms with Crippen molar-refractivity contribution in [2.75, 3.05) is 38.0 Å². The molecule has 1 aromatic carbocycles. The number of rotatable bonds is 4. The van der Waals surface area contributed by atoms with E-state index in [1.807, 2.05) is 11.0 Å². The molecule has 0 radical (unpaired) electrons. The fraction of sp³-hybridized carbons (Fsp3) is 0.333. The second-order valence-corrected chi connectivity index (χ2v) is 5.80. The predicted octanol–water partition coefficient (Wildman–Crippen LogP) is 1.87. The van der Waals surface area contributed by atoms with Crippen molar-refractivity contribution in [2.24, 2.45) is 0 Å². The SMILES string of the molecule is CCN1CCN(C(=O)c2cc(Nc3ccccc3C#N)ncn2)CC1. The molecule has 2 heterocycles. The van der Waals surface area contributed by atoms with E-state index >= 15 is 0 Å². The van der Waals surface area contributed by atoms with Gasteiger partial charge >= 0.3 is 0 Å². The monoisotopic (exact) mass is 336 g/mol. The third-order valence-electron chi connectivity index (χ3n) is 4.30. The Morgan fingerprint density at radius 3 is 2.72 bits per heavy atom. The Balaban J connectivity index is 1.73. The predicted molar refractivity (Wildman–Crippen MR) is 94.5 cm³/mol. The number of anilines is 2. The molecule has 1 amide bonds. The Bertz CT molecular complexity index is 792. The maximum absolute atomic E-state index is 12.7. The van der Waals surface area contributed by atoms with Gasteiger partial charge in [-0.3, -0.25) is 4.79 Å². The Hall–Kier alpha value is -2.98. The van der Waals surface area contributed by atoms with Gasteiger partial charge in [0, 0.05) is 32.2 Å². The van der Waals surface area contributed by atoms with Crippen LogP contribution in [0.2, 0.25) is 0 Å². The lowest BCUT2D eigenvalue weighted by Crippen LogP contribution is -2.48. The molecule has 3 rings (SSSR count). The van der Waals surface area contributed by atoms with Gasteiger partial charge in [0.05, 0.1) is 11.3 Å². The van der Waals surface area contributed by atoms with Crippen LogP contribution < -0.4 is 5.32 Å². The molecule has 7 nitrogen and oxygen atoms in total. The molecule has 1 fully saturated rings. The summed E-state index contributed by atoms with van der Waals surface area (Å²) in [7, 11) is 0. The van der Waals surface area contributed by atoms with Crippen LogP contribution in [0, 0.1) is 11.3 Å². The normalized spacial score (nSPS) is 14.8. The molecule has 0 aliphatic carbocycles. The Labute approximate surface area is 146 Å². The number of piperazine rings is 1. The number of hydrogen-bond donors (Lipinski definition) is 1. The number of hydrogen-bond acceptors (Lipinski definition) is 6. The van der Waals surface area contributed by atoms with E-state index in [1.54, 1.807) is 24.3 Å². The lowest BCUT2D eigenvalue weighted by Gasteiger charge is -2.33. The van der Waals surface area contributed by atoms with E-state index in [1.165, 1.54) is 6.33 Å². The van der Waals surface area contributed by atoms with Crippen molar-refractivity contribution in [3.8, 4) is 6.07 Å². The second-order valence-electron chi connectivity index (χ2n) is 5.80. The molecule has 0 bridgehead atoms. The summed E-state index contributed by atoms with van der Waals surface area (Å²) in [6, 6.07) is 10.9. The smallest absolute Gasteiger partial charge is 0.272 e. The number of carbonyl (C=O) groups is 1. The van der Waals surface area contributed by atoms with Gasteiger partial charge in [0.2, 0.25) is 0 Å². The topological polar surface area (TPSA) is 85.1 Å². The first kappa shape index (κ1) is 16.9. The minimum atomic E-state index is -0.0882. The average molecular weight is 336 g/mol. The molecule has 1 aliphatic heterocycles. The molecular formula is C18H20N6O. The number of nitrogens with one attached hydrogen (secondary N) is 1. The summed E-state index contributed by atoms with van der Waals surface area (Å²) in [6.07, 6.45) is 1.37. The highest BCUT2D eigenvalue weighted by Gasteiger charge is 2.22. The van der Waals surface area contributed by atoms with Crippen LogP contribution in [0.25, 0.3) is 0 Å². The van der Waals surface area contributed by atoms with Gasteiger partial charge in [0.15, 0.2) is 0 Å². The van der Waals surface area contributed by atoms with E-state index in [4.69, 9.17) is 5.26 Å². The van der Waals surface area contributed by atoms with Gasteiger partial charge in [-0.2, -0.15) is 5.26 Å². The maximum atomic E-state index is 12.7. The van der Waals surface area contributed by atoms with Crippen molar-refractivity contribution >= 4 is 17.4 Å². The van der Waals surface area contributed by atoms with E-state index in [-0.39, 0.29) is 5.91 Å². The highest BCUT2D eigenvalue weighted by Crippen LogP contribution is 2.19. The highest BCUT2D eigenvalue weighted by atomic mass is 16.2. The number of carbonyl (C=O) groups excluding carboxylic acids is 1. The molecule has 0 saturated carbocycles. The molecule has 0 spiro atoms. The summed E-state index contributed by atoms with van der Waals surface area (Å²) in [5, 5.41) is 12.2. The van der Waals surface area contributed by atoms with Crippen molar-refractivity contribution in [2.45, 2.75) is 6.92 Å². The van der Waals surface area contributed by atoms with Gasteiger partial charge in [-0.15, -0.1) is 0 Å². The van der Waals surface area contributed by atoms with Crippen molar-refractivity contribution < 1.29 is 4.79 Å². The molecule has 25 heavy (non-hydrogen) atoms. The first-order chi connectivity index (χ1) is 12.2. The third-order valence-corrected chi connectivity index (χ3v) is 4.30. The zero-order valence-electron chi connectivity index (χ0n) is 14.1. The van der Waals surface area contributed by atoms with Crippen LogP contribution in [0.3, 0.4) is 0 Å². The molecule has 7 heteroatoms. The minimum absolute atomic E-state index is 0.0882. The quantitative estimate of drug-likeness (QED) is 0.917. The Morgan fingerprint density at radius 2 is 2.00 bits per heavy atom. The van der Waals surface area contributed by atoms with Crippen LogP contribution >= 0.6 is 0 Å². The number of benzene rings is 1. The van der Waals surface area contributed by atoms with Gasteiger partial charge in [0.1, 0.15) is 23.9 Å². The molecule has 128 valence electrons. The highest BCUT2D eigenvalue weighted by molar-refractivity contribution is 5.93. The number of aromatic nitrogens is 2. The van der Waals surface area contributed by atoms with E-state index in [2.05, 4.69) is 33.2 Å². The molecule has 0 unspecified atom stereocenters. The van der Waals surface area contributed by atoms with Gasteiger partial charge in [-0.1, -0.05) is 19.1 Å². The molecule has 1 aromatic heterocycles. The van der Waals surface area contributed by atoms with E-state index < -0.39 is 0 Å². The van der Waals surface area contributed by atoms with Crippen molar-refractivity contribution in [3.05, 3.63) is 47.9 Å². The Kier molecular flexibility index (Phi) is 5.21. The molecule has 2 aromatic rings. The number of nitriles is 1. The number of nitrogens with zero attached hydrogens (tertiary/aromatic N) is 5. The minimum Gasteiger partial charge on any atom is -0.339 e. The molecule has 1 saturated heterocycles. The van der Waals surface area contributed by atoms with Gasteiger partial charge < -0.3 is 15.1 Å². The summed E-state index contributed by atoms with van der Waals surface area (Å²) >= 11 is 0. The van der Waals surface area contributed by atoms with Gasteiger partial charge in [-0.05, 0) is 18.7 Å². The average Bonchev–Trinajstić information content (AvgIpc) is 2.68. The summed E-state index contributed by atoms with van der Waals surface area (Å²) in [5.74, 6) is 0.406. The van der Waals surface area contributed by atoms with Gasteiger partial charge in [-0.25, -0.2) is 9.97 Å². The molecule has 0 atom stereocenters. The summed E-state index contributed by atoms with van der Waals surface area (Å²) in [5.41, 5.74) is 1.53.